The van der Waals surface area contributed by atoms with E-state index in [9.17, 15) is 13.2 Å². The predicted octanol–water partition coefficient (Wildman–Crippen LogP) is 2.05. The minimum atomic E-state index is -3.55. The van der Waals surface area contributed by atoms with Gasteiger partial charge in [-0.25, -0.2) is 13.2 Å². The van der Waals surface area contributed by atoms with Crippen molar-refractivity contribution >= 4 is 16.0 Å². The second-order valence-electron chi connectivity index (χ2n) is 6.28. The van der Waals surface area contributed by atoms with Gasteiger partial charge >= 0.3 is 5.97 Å². The Kier molecular flexibility index (Phi) is 5.22. The molecular weight excluding hydrogens is 330 g/mol. The standard InChI is InChI=1S/C17H23NO5S/c1-2-23-17(19)14-3-7-16(8-4-14)24(20,21)18(15-5-6-15)11-13-9-10-22-12-13/h3-4,7-8,13,15H,2,5-6,9-12H2,1H3. The smallest absolute Gasteiger partial charge is 0.338 e. The fourth-order valence-corrected chi connectivity index (χ4v) is 4.66. The van der Waals surface area contributed by atoms with E-state index < -0.39 is 16.0 Å². The van der Waals surface area contributed by atoms with Gasteiger partial charge in [0.05, 0.1) is 23.7 Å². The SMILES string of the molecule is CCOC(=O)c1ccc(S(=O)(=O)N(CC2CCOC2)C2CC2)cc1. The van der Waals surface area contributed by atoms with Gasteiger partial charge in [0.1, 0.15) is 0 Å². The van der Waals surface area contributed by atoms with Gasteiger partial charge < -0.3 is 9.47 Å². The average Bonchev–Trinajstić information content (AvgIpc) is 3.28. The monoisotopic (exact) mass is 353 g/mol. The number of benzene rings is 1. The second kappa shape index (κ2) is 7.21. The molecule has 0 N–H and O–H groups in total. The van der Waals surface area contributed by atoms with Crippen LogP contribution in [-0.2, 0) is 19.5 Å². The van der Waals surface area contributed by atoms with E-state index in [-0.39, 0.29) is 23.5 Å². The zero-order valence-electron chi connectivity index (χ0n) is 13.8. The molecule has 0 radical (unpaired) electrons. The van der Waals surface area contributed by atoms with Gasteiger partial charge in [-0.05, 0) is 56.4 Å². The van der Waals surface area contributed by atoms with E-state index in [4.69, 9.17) is 9.47 Å². The van der Waals surface area contributed by atoms with Crippen molar-refractivity contribution in [3.63, 3.8) is 0 Å². The Bertz CT molecular complexity index is 675. The van der Waals surface area contributed by atoms with Gasteiger partial charge in [0.2, 0.25) is 10.0 Å². The van der Waals surface area contributed by atoms with E-state index in [0.717, 1.165) is 19.3 Å². The molecule has 132 valence electrons. The van der Waals surface area contributed by atoms with Crippen molar-refractivity contribution in [2.24, 2.45) is 5.92 Å². The molecule has 1 saturated heterocycles. The zero-order valence-corrected chi connectivity index (χ0v) is 14.6. The molecule has 24 heavy (non-hydrogen) atoms. The number of ether oxygens (including phenoxy) is 2. The fourth-order valence-electron chi connectivity index (χ4n) is 2.90. The average molecular weight is 353 g/mol. The van der Waals surface area contributed by atoms with Crippen LogP contribution in [0.4, 0.5) is 0 Å². The lowest BCUT2D eigenvalue weighted by Crippen LogP contribution is -2.37. The molecule has 1 aliphatic carbocycles. The number of carbonyl (C=O) groups excluding carboxylic acids is 1. The maximum absolute atomic E-state index is 13.0. The molecule has 1 heterocycles. The van der Waals surface area contributed by atoms with E-state index in [0.29, 0.717) is 25.3 Å². The van der Waals surface area contributed by atoms with Crippen LogP contribution < -0.4 is 0 Å². The maximum Gasteiger partial charge on any atom is 0.338 e. The molecule has 1 aromatic carbocycles. The highest BCUT2D eigenvalue weighted by molar-refractivity contribution is 7.89. The summed E-state index contributed by atoms with van der Waals surface area (Å²) in [7, 11) is -3.55. The first kappa shape index (κ1) is 17.4. The molecule has 2 aliphatic rings. The van der Waals surface area contributed by atoms with Gasteiger partial charge in [0.25, 0.3) is 0 Å². The van der Waals surface area contributed by atoms with E-state index in [1.54, 1.807) is 11.2 Å². The third-order valence-corrected chi connectivity index (χ3v) is 6.32. The highest BCUT2D eigenvalue weighted by Crippen LogP contribution is 2.33. The van der Waals surface area contributed by atoms with Crippen LogP contribution in [0.15, 0.2) is 29.2 Å². The fraction of sp³-hybridized carbons (Fsp3) is 0.588. The molecule has 0 aromatic heterocycles. The van der Waals surface area contributed by atoms with Gasteiger partial charge in [-0.2, -0.15) is 4.31 Å². The number of sulfonamides is 1. The number of hydrogen-bond acceptors (Lipinski definition) is 5. The summed E-state index contributed by atoms with van der Waals surface area (Å²) < 4.78 is 37.9. The summed E-state index contributed by atoms with van der Waals surface area (Å²) in [6, 6.07) is 6.09. The molecule has 1 unspecified atom stereocenters. The molecule has 1 atom stereocenters. The Hall–Kier alpha value is -1.44. The highest BCUT2D eigenvalue weighted by atomic mass is 32.2. The normalized spacial score (nSPS) is 21.2. The van der Waals surface area contributed by atoms with E-state index in [1.807, 2.05) is 0 Å². The first-order valence-electron chi connectivity index (χ1n) is 8.39. The van der Waals surface area contributed by atoms with Crippen LogP contribution in [0.2, 0.25) is 0 Å². The number of rotatable bonds is 7. The third-order valence-electron chi connectivity index (χ3n) is 4.39. The molecule has 2 fully saturated rings. The van der Waals surface area contributed by atoms with Crippen molar-refractivity contribution in [2.75, 3.05) is 26.4 Å². The summed E-state index contributed by atoms with van der Waals surface area (Å²) in [6.45, 7) is 3.86. The predicted molar refractivity (Wildman–Crippen MR) is 88.2 cm³/mol. The molecule has 1 aromatic rings. The Morgan fingerprint density at radius 3 is 2.50 bits per heavy atom. The summed E-state index contributed by atoms with van der Waals surface area (Å²) in [5, 5.41) is 0. The quantitative estimate of drug-likeness (QED) is 0.702. The molecular formula is C17H23NO5S. The van der Waals surface area contributed by atoms with Gasteiger partial charge in [-0.1, -0.05) is 0 Å². The Balaban J connectivity index is 1.78. The van der Waals surface area contributed by atoms with Crippen LogP contribution in [0.5, 0.6) is 0 Å². The molecule has 3 rings (SSSR count). The minimum Gasteiger partial charge on any atom is -0.462 e. The summed E-state index contributed by atoms with van der Waals surface area (Å²) in [5.41, 5.74) is 0.359. The Morgan fingerprint density at radius 2 is 1.96 bits per heavy atom. The molecule has 0 amide bonds. The van der Waals surface area contributed by atoms with Crippen molar-refractivity contribution in [3.8, 4) is 0 Å². The summed E-state index contributed by atoms with van der Waals surface area (Å²) in [6.07, 6.45) is 2.72. The van der Waals surface area contributed by atoms with E-state index in [1.165, 1.54) is 24.3 Å². The lowest BCUT2D eigenvalue weighted by Gasteiger charge is -2.24. The molecule has 7 heteroatoms. The van der Waals surface area contributed by atoms with E-state index in [2.05, 4.69) is 0 Å². The van der Waals surface area contributed by atoms with Gasteiger partial charge in [0, 0.05) is 19.2 Å². The first-order valence-corrected chi connectivity index (χ1v) is 9.83. The summed E-state index contributed by atoms with van der Waals surface area (Å²) in [5.74, 6) is -0.178. The maximum atomic E-state index is 13.0. The number of carbonyl (C=O) groups is 1. The minimum absolute atomic E-state index is 0.0975. The van der Waals surface area contributed by atoms with Crippen molar-refractivity contribution in [1.29, 1.82) is 0 Å². The zero-order chi connectivity index (χ0) is 17.2. The third kappa shape index (κ3) is 3.79. The molecule has 6 nitrogen and oxygen atoms in total. The van der Waals surface area contributed by atoms with Crippen molar-refractivity contribution in [2.45, 2.75) is 37.1 Å². The van der Waals surface area contributed by atoms with Crippen LogP contribution in [-0.4, -0.2) is 51.1 Å². The summed E-state index contributed by atoms with van der Waals surface area (Å²) in [4.78, 5) is 11.9. The number of hydrogen-bond donors (Lipinski definition) is 0. The Morgan fingerprint density at radius 1 is 1.25 bits per heavy atom. The van der Waals surface area contributed by atoms with Crippen molar-refractivity contribution in [1.82, 2.24) is 4.31 Å². The number of esters is 1. The number of nitrogens with zero attached hydrogens (tertiary/aromatic N) is 1. The first-order chi connectivity index (χ1) is 11.5. The van der Waals surface area contributed by atoms with Crippen LogP contribution in [0, 0.1) is 5.92 Å². The van der Waals surface area contributed by atoms with Crippen molar-refractivity contribution < 1.29 is 22.7 Å². The van der Waals surface area contributed by atoms with Crippen molar-refractivity contribution in [3.05, 3.63) is 29.8 Å². The van der Waals surface area contributed by atoms with Gasteiger partial charge in [-0.15, -0.1) is 0 Å². The van der Waals surface area contributed by atoms with Crippen LogP contribution >= 0.6 is 0 Å². The van der Waals surface area contributed by atoms with Gasteiger partial charge in [-0.3, -0.25) is 0 Å². The summed E-state index contributed by atoms with van der Waals surface area (Å²) >= 11 is 0. The second-order valence-corrected chi connectivity index (χ2v) is 8.17. The van der Waals surface area contributed by atoms with Gasteiger partial charge in [0.15, 0.2) is 0 Å². The lowest BCUT2D eigenvalue weighted by atomic mass is 10.1. The van der Waals surface area contributed by atoms with E-state index >= 15 is 0 Å². The largest absolute Gasteiger partial charge is 0.462 e. The molecule has 0 spiro atoms. The molecule has 1 aliphatic heterocycles. The molecule has 1 saturated carbocycles. The molecule has 0 bridgehead atoms. The Labute approximate surface area is 142 Å². The van der Waals surface area contributed by atoms with Crippen LogP contribution in [0.3, 0.4) is 0 Å². The lowest BCUT2D eigenvalue weighted by molar-refractivity contribution is 0.0526. The highest BCUT2D eigenvalue weighted by Gasteiger charge is 2.39. The topological polar surface area (TPSA) is 72.9 Å². The van der Waals surface area contributed by atoms with Crippen LogP contribution in [0.1, 0.15) is 36.5 Å². The van der Waals surface area contributed by atoms with Crippen LogP contribution in [0.25, 0.3) is 0 Å².